The number of hydrogen-bond donors (Lipinski definition) is 1. The molecule has 2 rings (SSSR count). The van der Waals surface area contributed by atoms with E-state index in [1.54, 1.807) is 14.2 Å². The Hall–Kier alpha value is -1.67. The van der Waals surface area contributed by atoms with E-state index >= 15 is 0 Å². The second kappa shape index (κ2) is 8.43. The standard InChI is InChI=1S/C16H24FN3O3S/c1-18-16(20-9-7-13(11-20)12-23-2)19-8-10-24(21,22)15-6-4-3-5-14(15)17/h3-6,13H,7-12H2,1-2H3,(H,18,19). The molecule has 0 radical (unpaired) electrons. The van der Waals surface area contributed by atoms with Crippen molar-refractivity contribution in [1.82, 2.24) is 10.2 Å². The first-order valence-corrected chi connectivity index (χ1v) is 9.55. The number of guanidine groups is 1. The molecule has 1 N–H and O–H groups in total. The van der Waals surface area contributed by atoms with Crippen LogP contribution < -0.4 is 5.32 Å². The van der Waals surface area contributed by atoms with Gasteiger partial charge in [-0.05, 0) is 18.6 Å². The summed E-state index contributed by atoms with van der Waals surface area (Å²) < 4.78 is 43.3. The molecule has 1 aliphatic rings. The van der Waals surface area contributed by atoms with Gasteiger partial charge in [0.25, 0.3) is 0 Å². The fraction of sp³-hybridized carbons (Fsp3) is 0.562. The summed E-state index contributed by atoms with van der Waals surface area (Å²) in [7, 11) is -0.321. The number of rotatable bonds is 6. The van der Waals surface area contributed by atoms with Gasteiger partial charge in [-0.3, -0.25) is 4.99 Å². The molecule has 0 bridgehead atoms. The van der Waals surface area contributed by atoms with Crippen LogP contribution in [0.15, 0.2) is 34.2 Å². The van der Waals surface area contributed by atoms with Crippen molar-refractivity contribution in [2.24, 2.45) is 10.9 Å². The fourth-order valence-corrected chi connectivity index (χ4v) is 4.07. The van der Waals surface area contributed by atoms with Crippen LogP contribution in [-0.4, -0.2) is 65.4 Å². The van der Waals surface area contributed by atoms with Gasteiger partial charge in [0.05, 0.1) is 12.4 Å². The maximum absolute atomic E-state index is 13.7. The molecule has 1 aliphatic heterocycles. The van der Waals surface area contributed by atoms with E-state index in [2.05, 4.69) is 15.2 Å². The minimum atomic E-state index is -3.67. The molecule has 0 aliphatic carbocycles. The molecule has 8 heteroatoms. The first-order chi connectivity index (χ1) is 11.5. The number of benzene rings is 1. The predicted molar refractivity (Wildman–Crippen MR) is 91.4 cm³/mol. The molecule has 0 amide bonds. The van der Waals surface area contributed by atoms with E-state index in [1.165, 1.54) is 18.2 Å². The Balaban J connectivity index is 1.90. The third-order valence-electron chi connectivity index (χ3n) is 4.03. The van der Waals surface area contributed by atoms with Gasteiger partial charge in [0.1, 0.15) is 10.7 Å². The van der Waals surface area contributed by atoms with E-state index in [9.17, 15) is 12.8 Å². The molecular formula is C16H24FN3O3S. The van der Waals surface area contributed by atoms with Crippen LogP contribution in [0.4, 0.5) is 4.39 Å². The number of likely N-dealkylation sites (tertiary alicyclic amines) is 1. The molecule has 0 aromatic heterocycles. The first-order valence-electron chi connectivity index (χ1n) is 7.89. The van der Waals surface area contributed by atoms with Gasteiger partial charge in [-0.25, -0.2) is 12.8 Å². The molecule has 1 aromatic carbocycles. The number of methoxy groups -OCH3 is 1. The molecule has 6 nitrogen and oxygen atoms in total. The number of nitrogens with one attached hydrogen (secondary N) is 1. The molecule has 24 heavy (non-hydrogen) atoms. The summed E-state index contributed by atoms with van der Waals surface area (Å²) in [5.41, 5.74) is 0. The molecule has 0 saturated carbocycles. The Morgan fingerprint density at radius 2 is 2.21 bits per heavy atom. The van der Waals surface area contributed by atoms with E-state index in [4.69, 9.17) is 4.74 Å². The molecule has 1 fully saturated rings. The summed E-state index contributed by atoms with van der Waals surface area (Å²) in [6, 6.07) is 5.43. The predicted octanol–water partition coefficient (Wildman–Crippen LogP) is 1.14. The summed E-state index contributed by atoms with van der Waals surface area (Å²) in [6.07, 6.45) is 1.02. The Morgan fingerprint density at radius 1 is 1.46 bits per heavy atom. The normalized spacial score (nSPS) is 18.9. The Labute approximate surface area is 142 Å². The van der Waals surface area contributed by atoms with Crippen LogP contribution in [0.1, 0.15) is 6.42 Å². The second-order valence-corrected chi connectivity index (χ2v) is 7.86. The zero-order chi connectivity index (χ0) is 17.6. The molecule has 1 unspecified atom stereocenters. The molecule has 1 atom stereocenters. The van der Waals surface area contributed by atoms with Crippen molar-refractivity contribution in [1.29, 1.82) is 0 Å². The molecule has 1 heterocycles. The molecule has 0 spiro atoms. The average Bonchev–Trinajstić information content (AvgIpc) is 3.00. The number of ether oxygens (including phenoxy) is 1. The highest BCUT2D eigenvalue weighted by Gasteiger charge is 2.25. The molecule has 1 aromatic rings. The lowest BCUT2D eigenvalue weighted by Gasteiger charge is -2.21. The van der Waals surface area contributed by atoms with E-state index < -0.39 is 15.7 Å². The van der Waals surface area contributed by atoms with Crippen molar-refractivity contribution in [3.05, 3.63) is 30.1 Å². The van der Waals surface area contributed by atoms with Crippen LogP contribution >= 0.6 is 0 Å². The zero-order valence-electron chi connectivity index (χ0n) is 14.0. The van der Waals surface area contributed by atoms with Crippen LogP contribution in [0.3, 0.4) is 0 Å². The highest BCUT2D eigenvalue weighted by atomic mass is 32.2. The number of hydrogen-bond acceptors (Lipinski definition) is 4. The monoisotopic (exact) mass is 357 g/mol. The van der Waals surface area contributed by atoms with Gasteiger partial charge in [-0.1, -0.05) is 12.1 Å². The molecule has 134 valence electrons. The van der Waals surface area contributed by atoms with E-state index in [0.717, 1.165) is 25.6 Å². The van der Waals surface area contributed by atoms with Crippen LogP contribution in [-0.2, 0) is 14.6 Å². The van der Waals surface area contributed by atoms with Crippen molar-refractivity contribution in [3.63, 3.8) is 0 Å². The summed E-state index contributed by atoms with van der Waals surface area (Å²) in [6.45, 7) is 2.56. The van der Waals surface area contributed by atoms with Gasteiger partial charge in [-0.15, -0.1) is 0 Å². The number of aliphatic imine (C=N–C) groups is 1. The Kier molecular flexibility index (Phi) is 6.56. The lowest BCUT2D eigenvalue weighted by molar-refractivity contribution is 0.157. The maximum atomic E-state index is 13.7. The molecule has 1 saturated heterocycles. The third kappa shape index (κ3) is 4.67. The van der Waals surface area contributed by atoms with Gasteiger partial charge in [-0.2, -0.15) is 0 Å². The zero-order valence-corrected chi connectivity index (χ0v) is 14.9. The van der Waals surface area contributed by atoms with Crippen molar-refractivity contribution in [2.45, 2.75) is 11.3 Å². The van der Waals surface area contributed by atoms with Crippen molar-refractivity contribution < 1.29 is 17.5 Å². The molecular weight excluding hydrogens is 333 g/mol. The summed E-state index contributed by atoms with van der Waals surface area (Å²) in [5, 5.41) is 3.05. The summed E-state index contributed by atoms with van der Waals surface area (Å²) in [4.78, 5) is 6.02. The van der Waals surface area contributed by atoms with Crippen LogP contribution in [0.25, 0.3) is 0 Å². The minimum absolute atomic E-state index is 0.175. The van der Waals surface area contributed by atoms with E-state index in [1.807, 2.05) is 0 Å². The topological polar surface area (TPSA) is 71.0 Å². The smallest absolute Gasteiger partial charge is 0.193 e. The maximum Gasteiger partial charge on any atom is 0.193 e. The fourth-order valence-electron chi connectivity index (χ4n) is 2.83. The SMILES string of the molecule is CN=C(NCCS(=O)(=O)c1ccccc1F)N1CCC(COC)C1. The van der Waals surface area contributed by atoms with E-state index in [0.29, 0.717) is 18.5 Å². The van der Waals surface area contributed by atoms with Crippen molar-refractivity contribution in [3.8, 4) is 0 Å². The lowest BCUT2D eigenvalue weighted by Crippen LogP contribution is -2.42. The largest absolute Gasteiger partial charge is 0.384 e. The van der Waals surface area contributed by atoms with Gasteiger partial charge in [0, 0.05) is 39.7 Å². The minimum Gasteiger partial charge on any atom is -0.384 e. The Morgan fingerprint density at radius 3 is 2.88 bits per heavy atom. The quantitative estimate of drug-likeness (QED) is 0.611. The van der Waals surface area contributed by atoms with Gasteiger partial charge in [0.2, 0.25) is 0 Å². The van der Waals surface area contributed by atoms with Crippen LogP contribution in [0, 0.1) is 11.7 Å². The Bertz CT molecular complexity index is 679. The van der Waals surface area contributed by atoms with Crippen molar-refractivity contribution in [2.75, 3.05) is 46.2 Å². The van der Waals surface area contributed by atoms with E-state index in [-0.39, 0.29) is 17.2 Å². The van der Waals surface area contributed by atoms with Crippen LogP contribution in [0.5, 0.6) is 0 Å². The first kappa shape index (κ1) is 18.7. The third-order valence-corrected chi connectivity index (χ3v) is 5.77. The average molecular weight is 357 g/mol. The highest BCUT2D eigenvalue weighted by Crippen LogP contribution is 2.17. The summed E-state index contributed by atoms with van der Waals surface area (Å²) >= 11 is 0. The number of halogens is 1. The lowest BCUT2D eigenvalue weighted by atomic mass is 10.1. The number of sulfone groups is 1. The van der Waals surface area contributed by atoms with Gasteiger partial charge < -0.3 is 15.0 Å². The van der Waals surface area contributed by atoms with Gasteiger partial charge in [0.15, 0.2) is 15.8 Å². The second-order valence-electron chi connectivity index (χ2n) is 5.78. The van der Waals surface area contributed by atoms with Crippen LogP contribution in [0.2, 0.25) is 0 Å². The summed E-state index contributed by atoms with van der Waals surface area (Å²) in [5.74, 6) is 0.208. The highest BCUT2D eigenvalue weighted by molar-refractivity contribution is 7.91. The number of nitrogens with zero attached hydrogens (tertiary/aromatic N) is 2. The van der Waals surface area contributed by atoms with Gasteiger partial charge >= 0.3 is 0 Å². The van der Waals surface area contributed by atoms with Crippen molar-refractivity contribution >= 4 is 15.8 Å².